The van der Waals surface area contributed by atoms with Gasteiger partial charge in [0.1, 0.15) is 17.2 Å². The Labute approximate surface area is 102 Å². The van der Waals surface area contributed by atoms with Crippen molar-refractivity contribution in [3.8, 4) is 17.2 Å². The second-order valence-electron chi connectivity index (χ2n) is 4.39. The minimum atomic E-state index is 0.258. The van der Waals surface area contributed by atoms with E-state index in [-0.39, 0.29) is 5.75 Å². The molecule has 1 heterocycles. The SMILES string of the molecule is COc1cc(O)c(CC2CCNC2)c(OC)c1. The van der Waals surface area contributed by atoms with Gasteiger partial charge in [-0.15, -0.1) is 0 Å². The van der Waals surface area contributed by atoms with Gasteiger partial charge in [0.15, 0.2) is 0 Å². The summed E-state index contributed by atoms with van der Waals surface area (Å²) in [6.45, 7) is 2.07. The van der Waals surface area contributed by atoms with Crippen LogP contribution in [0.25, 0.3) is 0 Å². The lowest BCUT2D eigenvalue weighted by Crippen LogP contribution is -2.11. The molecule has 1 unspecified atom stereocenters. The van der Waals surface area contributed by atoms with Gasteiger partial charge in [-0.2, -0.15) is 0 Å². The molecule has 94 valence electrons. The van der Waals surface area contributed by atoms with Crippen molar-refractivity contribution in [3.05, 3.63) is 17.7 Å². The number of ether oxygens (including phenoxy) is 2. The van der Waals surface area contributed by atoms with Gasteiger partial charge < -0.3 is 19.9 Å². The van der Waals surface area contributed by atoms with Crippen LogP contribution in [0.1, 0.15) is 12.0 Å². The first-order valence-corrected chi connectivity index (χ1v) is 5.89. The average molecular weight is 237 g/mol. The monoisotopic (exact) mass is 237 g/mol. The molecule has 1 atom stereocenters. The third-order valence-electron chi connectivity index (χ3n) is 3.27. The van der Waals surface area contributed by atoms with E-state index in [0.29, 0.717) is 17.4 Å². The van der Waals surface area contributed by atoms with Crippen LogP contribution in [0, 0.1) is 5.92 Å². The van der Waals surface area contributed by atoms with Gasteiger partial charge in [0.25, 0.3) is 0 Å². The van der Waals surface area contributed by atoms with Crippen LogP contribution in [0.5, 0.6) is 17.2 Å². The van der Waals surface area contributed by atoms with Crippen molar-refractivity contribution in [1.82, 2.24) is 5.32 Å². The fraction of sp³-hybridized carbons (Fsp3) is 0.538. The van der Waals surface area contributed by atoms with Gasteiger partial charge >= 0.3 is 0 Å². The van der Waals surface area contributed by atoms with E-state index in [1.165, 1.54) is 0 Å². The fourth-order valence-corrected chi connectivity index (χ4v) is 2.29. The lowest BCUT2D eigenvalue weighted by atomic mass is 9.97. The van der Waals surface area contributed by atoms with Gasteiger partial charge in [-0.05, 0) is 31.8 Å². The number of methoxy groups -OCH3 is 2. The van der Waals surface area contributed by atoms with Crippen LogP contribution >= 0.6 is 0 Å². The molecule has 17 heavy (non-hydrogen) atoms. The van der Waals surface area contributed by atoms with E-state index in [1.807, 2.05) is 6.07 Å². The lowest BCUT2D eigenvalue weighted by Gasteiger charge is -2.15. The van der Waals surface area contributed by atoms with Crippen molar-refractivity contribution in [2.75, 3.05) is 27.3 Å². The predicted octanol–water partition coefficient (Wildman–Crippen LogP) is 1.56. The molecule has 0 aliphatic carbocycles. The minimum Gasteiger partial charge on any atom is -0.507 e. The first kappa shape index (κ1) is 12.0. The van der Waals surface area contributed by atoms with Gasteiger partial charge in [-0.1, -0.05) is 0 Å². The summed E-state index contributed by atoms with van der Waals surface area (Å²) in [7, 11) is 3.19. The number of hydrogen-bond donors (Lipinski definition) is 2. The zero-order valence-electron chi connectivity index (χ0n) is 10.3. The molecule has 0 aromatic heterocycles. The average Bonchev–Trinajstić information content (AvgIpc) is 2.84. The number of aromatic hydroxyl groups is 1. The second kappa shape index (κ2) is 5.27. The molecule has 0 bridgehead atoms. The van der Waals surface area contributed by atoms with Crippen LogP contribution in [-0.2, 0) is 6.42 Å². The van der Waals surface area contributed by atoms with Gasteiger partial charge in [0.2, 0.25) is 0 Å². The first-order chi connectivity index (χ1) is 8.24. The first-order valence-electron chi connectivity index (χ1n) is 5.89. The third kappa shape index (κ3) is 2.64. The maximum absolute atomic E-state index is 10.0. The molecule has 0 spiro atoms. The van der Waals surface area contributed by atoms with Gasteiger partial charge in [0, 0.05) is 17.7 Å². The molecule has 4 nitrogen and oxygen atoms in total. The fourth-order valence-electron chi connectivity index (χ4n) is 2.29. The number of nitrogens with one attached hydrogen (secondary N) is 1. The molecule has 2 rings (SSSR count). The van der Waals surface area contributed by atoms with E-state index >= 15 is 0 Å². The molecular weight excluding hydrogens is 218 g/mol. The summed E-state index contributed by atoms with van der Waals surface area (Å²) in [5, 5.41) is 13.3. The van der Waals surface area contributed by atoms with E-state index in [0.717, 1.165) is 31.5 Å². The smallest absolute Gasteiger partial charge is 0.129 e. The molecule has 1 aromatic carbocycles. The number of rotatable bonds is 4. The van der Waals surface area contributed by atoms with Crippen LogP contribution in [0.3, 0.4) is 0 Å². The van der Waals surface area contributed by atoms with Gasteiger partial charge in [0.05, 0.1) is 14.2 Å². The van der Waals surface area contributed by atoms with Crippen LogP contribution in [0.2, 0.25) is 0 Å². The molecule has 4 heteroatoms. The van der Waals surface area contributed by atoms with Crippen molar-refractivity contribution in [3.63, 3.8) is 0 Å². The molecule has 0 radical (unpaired) electrons. The molecule has 2 N–H and O–H groups in total. The summed E-state index contributed by atoms with van der Waals surface area (Å²) in [4.78, 5) is 0. The van der Waals surface area contributed by atoms with Crippen LogP contribution in [0.15, 0.2) is 12.1 Å². The Bertz CT molecular complexity index is 386. The summed E-state index contributed by atoms with van der Waals surface area (Å²) >= 11 is 0. The molecule has 0 amide bonds. The zero-order chi connectivity index (χ0) is 12.3. The van der Waals surface area contributed by atoms with Crippen molar-refractivity contribution in [1.29, 1.82) is 0 Å². The Kier molecular flexibility index (Phi) is 3.74. The van der Waals surface area contributed by atoms with Gasteiger partial charge in [-0.3, -0.25) is 0 Å². The number of hydrogen-bond acceptors (Lipinski definition) is 4. The Morgan fingerprint density at radius 3 is 2.76 bits per heavy atom. The van der Waals surface area contributed by atoms with Crippen molar-refractivity contribution >= 4 is 0 Å². The molecule has 1 aliphatic heterocycles. The predicted molar refractivity (Wildman–Crippen MR) is 65.9 cm³/mol. The highest BCUT2D eigenvalue weighted by Gasteiger charge is 2.20. The topological polar surface area (TPSA) is 50.7 Å². The Morgan fingerprint density at radius 1 is 1.35 bits per heavy atom. The second-order valence-corrected chi connectivity index (χ2v) is 4.39. The van der Waals surface area contributed by atoms with E-state index in [2.05, 4.69) is 5.32 Å². The number of phenolic OH excluding ortho intramolecular Hbond substituents is 1. The van der Waals surface area contributed by atoms with Crippen LogP contribution in [0.4, 0.5) is 0 Å². The summed E-state index contributed by atoms with van der Waals surface area (Å²) in [5.41, 5.74) is 0.877. The van der Waals surface area contributed by atoms with E-state index in [1.54, 1.807) is 20.3 Å². The maximum atomic E-state index is 10.0. The van der Waals surface area contributed by atoms with Crippen LogP contribution < -0.4 is 14.8 Å². The van der Waals surface area contributed by atoms with Crippen LogP contribution in [-0.4, -0.2) is 32.4 Å². The molecule has 1 fully saturated rings. The summed E-state index contributed by atoms with van der Waals surface area (Å²) in [6, 6.07) is 3.46. The quantitative estimate of drug-likeness (QED) is 0.834. The molecule has 1 saturated heterocycles. The third-order valence-corrected chi connectivity index (χ3v) is 3.27. The van der Waals surface area contributed by atoms with E-state index < -0.39 is 0 Å². The van der Waals surface area contributed by atoms with Crippen molar-refractivity contribution in [2.24, 2.45) is 5.92 Å². The number of phenols is 1. The highest BCUT2D eigenvalue weighted by atomic mass is 16.5. The summed E-state index contributed by atoms with van der Waals surface area (Å²) in [6.07, 6.45) is 1.99. The van der Waals surface area contributed by atoms with Gasteiger partial charge in [-0.25, -0.2) is 0 Å². The highest BCUT2D eigenvalue weighted by Crippen LogP contribution is 2.35. The minimum absolute atomic E-state index is 0.258. The highest BCUT2D eigenvalue weighted by molar-refractivity contribution is 5.50. The summed E-state index contributed by atoms with van der Waals surface area (Å²) < 4.78 is 10.4. The molecule has 1 aliphatic rings. The molecule has 0 saturated carbocycles. The standard InChI is InChI=1S/C13H19NO3/c1-16-10-6-12(15)11(13(7-10)17-2)5-9-3-4-14-8-9/h6-7,9,14-15H,3-5,8H2,1-2H3. The maximum Gasteiger partial charge on any atom is 0.129 e. The Hall–Kier alpha value is -1.42. The number of benzene rings is 1. The van der Waals surface area contributed by atoms with Crippen molar-refractivity contribution in [2.45, 2.75) is 12.8 Å². The zero-order valence-corrected chi connectivity index (χ0v) is 10.3. The Morgan fingerprint density at radius 2 is 2.18 bits per heavy atom. The normalized spacial score (nSPS) is 19.3. The molecular formula is C13H19NO3. The van der Waals surface area contributed by atoms with E-state index in [4.69, 9.17) is 9.47 Å². The summed E-state index contributed by atoms with van der Waals surface area (Å²) in [5.74, 6) is 2.15. The largest absolute Gasteiger partial charge is 0.507 e. The van der Waals surface area contributed by atoms with Crippen molar-refractivity contribution < 1.29 is 14.6 Å². The Balaban J connectivity index is 2.24. The lowest BCUT2D eigenvalue weighted by molar-refractivity contribution is 0.375. The molecule has 1 aromatic rings. The van der Waals surface area contributed by atoms with E-state index in [9.17, 15) is 5.11 Å².